The van der Waals surface area contributed by atoms with Crippen molar-refractivity contribution in [1.29, 1.82) is 0 Å². The number of sulfonamides is 1. The molecule has 1 aromatic carbocycles. The summed E-state index contributed by atoms with van der Waals surface area (Å²) in [5, 5.41) is 0. The number of halogens is 1. The standard InChI is InChI=1S/C14H21FN2O2S/c1-14(2)8-4-3-5-13(14)17-20(18,19)12-9-10(16)6-7-11(12)15/h6-7,9,13,17H,3-5,8,16H2,1-2H3. The zero-order valence-electron chi connectivity index (χ0n) is 11.8. The Kier molecular flexibility index (Phi) is 4.07. The Morgan fingerprint density at radius 2 is 2.05 bits per heavy atom. The molecular weight excluding hydrogens is 279 g/mol. The Labute approximate surface area is 119 Å². The molecule has 0 bridgehead atoms. The molecule has 0 aliphatic heterocycles. The lowest BCUT2D eigenvalue weighted by atomic mass is 9.74. The summed E-state index contributed by atoms with van der Waals surface area (Å²) in [5.41, 5.74) is 5.66. The van der Waals surface area contributed by atoms with Crippen LogP contribution in [0.5, 0.6) is 0 Å². The maximum absolute atomic E-state index is 13.7. The van der Waals surface area contributed by atoms with Gasteiger partial charge in [0.25, 0.3) is 0 Å². The molecule has 1 atom stereocenters. The van der Waals surface area contributed by atoms with Crippen LogP contribution in [0, 0.1) is 11.2 Å². The third kappa shape index (κ3) is 3.12. The second kappa shape index (κ2) is 5.33. The van der Waals surface area contributed by atoms with Crippen molar-refractivity contribution >= 4 is 15.7 Å². The van der Waals surface area contributed by atoms with E-state index in [2.05, 4.69) is 4.72 Å². The molecule has 0 saturated heterocycles. The molecule has 1 aliphatic rings. The summed E-state index contributed by atoms with van der Waals surface area (Å²) in [5.74, 6) is -0.777. The predicted octanol–water partition coefficient (Wildman–Crippen LogP) is 2.66. The molecule has 1 fully saturated rings. The van der Waals surface area contributed by atoms with Gasteiger partial charge in [0.1, 0.15) is 10.7 Å². The van der Waals surface area contributed by atoms with Crippen molar-refractivity contribution in [1.82, 2.24) is 4.72 Å². The average molecular weight is 300 g/mol. The minimum atomic E-state index is -3.89. The van der Waals surface area contributed by atoms with Gasteiger partial charge in [-0.2, -0.15) is 0 Å². The first-order chi connectivity index (χ1) is 9.22. The fourth-order valence-corrected chi connectivity index (χ4v) is 4.24. The Balaban J connectivity index is 2.29. The van der Waals surface area contributed by atoms with Crippen LogP contribution in [0.4, 0.5) is 10.1 Å². The zero-order chi connectivity index (χ0) is 15.0. The van der Waals surface area contributed by atoms with Crippen molar-refractivity contribution in [3.63, 3.8) is 0 Å². The van der Waals surface area contributed by atoms with Crippen molar-refractivity contribution in [2.45, 2.75) is 50.5 Å². The van der Waals surface area contributed by atoms with Gasteiger partial charge in [-0.05, 0) is 36.5 Å². The summed E-state index contributed by atoms with van der Waals surface area (Å²) in [7, 11) is -3.89. The Bertz CT molecular complexity index is 599. The highest BCUT2D eigenvalue weighted by atomic mass is 32.2. The molecule has 0 spiro atoms. The van der Waals surface area contributed by atoms with Crippen LogP contribution in [0.3, 0.4) is 0 Å². The quantitative estimate of drug-likeness (QED) is 0.843. The molecule has 4 nitrogen and oxygen atoms in total. The molecular formula is C14H21FN2O2S. The Morgan fingerprint density at radius 3 is 2.70 bits per heavy atom. The predicted molar refractivity (Wildman–Crippen MR) is 77.2 cm³/mol. The van der Waals surface area contributed by atoms with Crippen molar-refractivity contribution in [3.05, 3.63) is 24.0 Å². The van der Waals surface area contributed by atoms with Gasteiger partial charge in [0.2, 0.25) is 10.0 Å². The van der Waals surface area contributed by atoms with Gasteiger partial charge in [0.15, 0.2) is 0 Å². The van der Waals surface area contributed by atoms with Crippen LogP contribution in [0.1, 0.15) is 39.5 Å². The highest BCUT2D eigenvalue weighted by Gasteiger charge is 2.35. The number of nitrogens with one attached hydrogen (secondary N) is 1. The van der Waals surface area contributed by atoms with E-state index in [1.165, 1.54) is 6.07 Å². The lowest BCUT2D eigenvalue weighted by Crippen LogP contribution is -2.46. The number of hydrogen-bond donors (Lipinski definition) is 2. The fourth-order valence-electron chi connectivity index (χ4n) is 2.69. The van der Waals surface area contributed by atoms with E-state index in [-0.39, 0.29) is 22.0 Å². The van der Waals surface area contributed by atoms with E-state index in [0.717, 1.165) is 37.8 Å². The van der Waals surface area contributed by atoms with Gasteiger partial charge in [0.05, 0.1) is 0 Å². The molecule has 112 valence electrons. The summed E-state index contributed by atoms with van der Waals surface area (Å²) in [4.78, 5) is -0.376. The van der Waals surface area contributed by atoms with Gasteiger partial charge in [-0.25, -0.2) is 17.5 Å². The molecule has 1 aliphatic carbocycles. The van der Waals surface area contributed by atoms with Gasteiger partial charge in [-0.1, -0.05) is 26.7 Å². The van der Waals surface area contributed by atoms with Crippen LogP contribution in [0.2, 0.25) is 0 Å². The van der Waals surface area contributed by atoms with Gasteiger partial charge in [-0.3, -0.25) is 0 Å². The topological polar surface area (TPSA) is 72.2 Å². The largest absolute Gasteiger partial charge is 0.399 e. The summed E-state index contributed by atoms with van der Waals surface area (Å²) in [6.07, 6.45) is 3.81. The molecule has 2 rings (SSSR count). The van der Waals surface area contributed by atoms with E-state index >= 15 is 0 Å². The SMILES string of the molecule is CC1(C)CCCCC1NS(=O)(=O)c1cc(N)ccc1F. The third-order valence-corrected chi connectivity index (χ3v) is 5.54. The monoisotopic (exact) mass is 300 g/mol. The van der Waals surface area contributed by atoms with Gasteiger partial charge >= 0.3 is 0 Å². The lowest BCUT2D eigenvalue weighted by Gasteiger charge is -2.38. The van der Waals surface area contributed by atoms with E-state index in [9.17, 15) is 12.8 Å². The highest BCUT2D eigenvalue weighted by molar-refractivity contribution is 7.89. The van der Waals surface area contributed by atoms with E-state index in [1.54, 1.807) is 0 Å². The van der Waals surface area contributed by atoms with Crippen LogP contribution < -0.4 is 10.5 Å². The second-order valence-electron chi connectivity index (χ2n) is 6.10. The first-order valence-corrected chi connectivity index (χ1v) is 8.28. The number of nitrogen functional groups attached to an aromatic ring is 1. The van der Waals surface area contributed by atoms with Crippen molar-refractivity contribution in [2.24, 2.45) is 5.41 Å². The fraction of sp³-hybridized carbons (Fsp3) is 0.571. The van der Waals surface area contributed by atoms with E-state index < -0.39 is 15.8 Å². The smallest absolute Gasteiger partial charge is 0.243 e. The number of nitrogens with two attached hydrogens (primary N) is 1. The summed E-state index contributed by atoms with van der Waals surface area (Å²) in [6.45, 7) is 4.07. The average Bonchev–Trinajstić information content (AvgIpc) is 2.34. The van der Waals surface area contributed by atoms with Crippen LogP contribution in [-0.4, -0.2) is 14.5 Å². The van der Waals surface area contributed by atoms with Crippen molar-refractivity contribution < 1.29 is 12.8 Å². The molecule has 0 amide bonds. The zero-order valence-corrected chi connectivity index (χ0v) is 12.6. The molecule has 3 N–H and O–H groups in total. The Hall–Kier alpha value is -1.14. The van der Waals surface area contributed by atoms with Crippen LogP contribution in [0.15, 0.2) is 23.1 Å². The summed E-state index contributed by atoms with van der Waals surface area (Å²) in [6, 6.07) is 3.41. The minimum absolute atomic E-state index is 0.123. The summed E-state index contributed by atoms with van der Waals surface area (Å²) >= 11 is 0. The van der Waals surface area contributed by atoms with E-state index in [1.807, 2.05) is 13.8 Å². The molecule has 1 unspecified atom stereocenters. The molecule has 1 aromatic rings. The normalized spacial score (nSPS) is 22.6. The first kappa shape index (κ1) is 15.3. The molecule has 1 saturated carbocycles. The lowest BCUT2D eigenvalue weighted by molar-refractivity contribution is 0.188. The molecule has 0 aromatic heterocycles. The van der Waals surface area contributed by atoms with Crippen molar-refractivity contribution in [3.8, 4) is 0 Å². The number of hydrogen-bond acceptors (Lipinski definition) is 3. The number of anilines is 1. The van der Waals surface area contributed by atoms with Crippen LogP contribution in [-0.2, 0) is 10.0 Å². The maximum atomic E-state index is 13.7. The Morgan fingerprint density at radius 1 is 1.35 bits per heavy atom. The molecule has 20 heavy (non-hydrogen) atoms. The van der Waals surface area contributed by atoms with Gasteiger partial charge in [-0.15, -0.1) is 0 Å². The number of benzene rings is 1. The van der Waals surface area contributed by atoms with Crippen LogP contribution in [0.25, 0.3) is 0 Å². The maximum Gasteiger partial charge on any atom is 0.243 e. The van der Waals surface area contributed by atoms with Crippen LogP contribution >= 0.6 is 0 Å². The van der Waals surface area contributed by atoms with E-state index in [0.29, 0.717) is 0 Å². The van der Waals surface area contributed by atoms with E-state index in [4.69, 9.17) is 5.73 Å². The molecule has 0 heterocycles. The second-order valence-corrected chi connectivity index (χ2v) is 7.78. The van der Waals surface area contributed by atoms with Gasteiger partial charge in [0, 0.05) is 11.7 Å². The summed E-state index contributed by atoms with van der Waals surface area (Å²) < 4.78 is 41.1. The highest BCUT2D eigenvalue weighted by Crippen LogP contribution is 2.36. The number of rotatable bonds is 3. The van der Waals surface area contributed by atoms with Gasteiger partial charge < -0.3 is 5.73 Å². The third-order valence-electron chi connectivity index (χ3n) is 4.05. The molecule has 6 heteroatoms. The molecule has 0 radical (unpaired) electrons. The minimum Gasteiger partial charge on any atom is -0.399 e. The first-order valence-electron chi connectivity index (χ1n) is 6.80. The van der Waals surface area contributed by atoms with Crippen molar-refractivity contribution in [2.75, 3.05) is 5.73 Å².